The van der Waals surface area contributed by atoms with Crippen molar-refractivity contribution in [1.82, 2.24) is 5.32 Å². The van der Waals surface area contributed by atoms with Crippen molar-refractivity contribution in [3.05, 3.63) is 29.8 Å². The van der Waals surface area contributed by atoms with Gasteiger partial charge in [0.25, 0.3) is 5.91 Å². The van der Waals surface area contributed by atoms with Gasteiger partial charge in [0.1, 0.15) is 11.3 Å². The first-order valence-corrected chi connectivity index (χ1v) is 7.02. The Bertz CT molecular complexity index is 602. The van der Waals surface area contributed by atoms with Crippen LogP contribution in [0.2, 0.25) is 0 Å². The SMILES string of the molecule is COC(=O)c1ccc(OCC(=O)NC(C)(C#N)C2CC2)cc1. The van der Waals surface area contributed by atoms with Crippen molar-refractivity contribution in [2.45, 2.75) is 25.3 Å². The molecule has 1 atom stereocenters. The lowest BCUT2D eigenvalue weighted by atomic mass is 9.98. The molecule has 0 aromatic heterocycles. The molecule has 116 valence electrons. The maximum Gasteiger partial charge on any atom is 0.337 e. The molecule has 1 saturated carbocycles. The Labute approximate surface area is 129 Å². The lowest BCUT2D eigenvalue weighted by Gasteiger charge is -2.22. The van der Waals surface area contributed by atoms with E-state index in [-0.39, 0.29) is 18.4 Å². The van der Waals surface area contributed by atoms with E-state index in [2.05, 4.69) is 16.1 Å². The van der Waals surface area contributed by atoms with Crippen molar-refractivity contribution < 1.29 is 19.1 Å². The summed E-state index contributed by atoms with van der Waals surface area (Å²) in [6, 6.07) is 8.45. The minimum absolute atomic E-state index is 0.179. The van der Waals surface area contributed by atoms with Crippen LogP contribution in [0.25, 0.3) is 0 Å². The van der Waals surface area contributed by atoms with E-state index in [4.69, 9.17) is 4.74 Å². The van der Waals surface area contributed by atoms with E-state index in [9.17, 15) is 14.9 Å². The van der Waals surface area contributed by atoms with Crippen molar-refractivity contribution in [3.8, 4) is 11.8 Å². The number of ether oxygens (including phenoxy) is 2. The molecule has 1 amide bonds. The number of benzene rings is 1. The molecule has 0 heterocycles. The van der Waals surface area contributed by atoms with Crippen LogP contribution in [0.1, 0.15) is 30.1 Å². The van der Waals surface area contributed by atoms with Gasteiger partial charge in [0.05, 0.1) is 18.7 Å². The third-order valence-corrected chi connectivity index (χ3v) is 3.67. The van der Waals surface area contributed by atoms with Gasteiger partial charge >= 0.3 is 5.97 Å². The van der Waals surface area contributed by atoms with Gasteiger partial charge < -0.3 is 14.8 Å². The number of esters is 1. The van der Waals surface area contributed by atoms with Crippen LogP contribution < -0.4 is 10.1 Å². The molecule has 1 aromatic rings. The first kappa shape index (κ1) is 15.8. The standard InChI is InChI=1S/C16H18N2O4/c1-16(10-17,12-5-6-12)18-14(19)9-22-13-7-3-11(4-8-13)15(20)21-2/h3-4,7-8,12H,5-6,9H2,1-2H3,(H,18,19). The highest BCUT2D eigenvalue weighted by atomic mass is 16.5. The van der Waals surface area contributed by atoms with Crippen molar-refractivity contribution in [3.63, 3.8) is 0 Å². The molecule has 0 aliphatic heterocycles. The zero-order chi connectivity index (χ0) is 16.2. The normalized spacial score (nSPS) is 16.0. The van der Waals surface area contributed by atoms with Gasteiger partial charge in [-0.25, -0.2) is 4.79 Å². The van der Waals surface area contributed by atoms with Crippen molar-refractivity contribution in [2.24, 2.45) is 5.92 Å². The molecule has 1 unspecified atom stereocenters. The number of nitrogens with zero attached hydrogens (tertiary/aromatic N) is 1. The number of methoxy groups -OCH3 is 1. The molecule has 0 saturated heterocycles. The number of amides is 1. The van der Waals surface area contributed by atoms with Gasteiger partial charge in [0.15, 0.2) is 6.61 Å². The molecule has 0 bridgehead atoms. The first-order chi connectivity index (χ1) is 10.5. The van der Waals surface area contributed by atoms with Gasteiger partial charge in [-0.15, -0.1) is 0 Å². The summed E-state index contributed by atoms with van der Waals surface area (Å²) in [5.41, 5.74) is -0.417. The Morgan fingerprint density at radius 1 is 1.36 bits per heavy atom. The van der Waals surface area contributed by atoms with E-state index in [1.165, 1.54) is 7.11 Å². The second-order valence-corrected chi connectivity index (χ2v) is 5.44. The van der Waals surface area contributed by atoms with Crippen LogP contribution in [0.15, 0.2) is 24.3 Å². The van der Waals surface area contributed by atoms with Crippen LogP contribution in [0, 0.1) is 17.2 Å². The Hall–Kier alpha value is -2.55. The Morgan fingerprint density at radius 2 is 2.00 bits per heavy atom. The zero-order valence-electron chi connectivity index (χ0n) is 12.6. The first-order valence-electron chi connectivity index (χ1n) is 7.02. The minimum Gasteiger partial charge on any atom is -0.484 e. The Balaban J connectivity index is 1.86. The fourth-order valence-corrected chi connectivity index (χ4v) is 2.16. The Kier molecular flexibility index (Phi) is 4.66. The van der Waals surface area contributed by atoms with Gasteiger partial charge in [-0.3, -0.25) is 4.79 Å². The molecule has 22 heavy (non-hydrogen) atoms. The second-order valence-electron chi connectivity index (χ2n) is 5.44. The van der Waals surface area contributed by atoms with E-state index in [1.54, 1.807) is 31.2 Å². The van der Waals surface area contributed by atoms with Crippen LogP contribution in [-0.2, 0) is 9.53 Å². The van der Waals surface area contributed by atoms with Crippen LogP contribution in [0.5, 0.6) is 5.75 Å². The van der Waals surface area contributed by atoms with Crippen molar-refractivity contribution >= 4 is 11.9 Å². The number of nitriles is 1. The summed E-state index contributed by atoms with van der Waals surface area (Å²) >= 11 is 0. The maximum absolute atomic E-state index is 11.9. The van der Waals surface area contributed by atoms with Crippen LogP contribution in [-0.4, -0.2) is 31.1 Å². The fourth-order valence-electron chi connectivity index (χ4n) is 2.16. The summed E-state index contributed by atoms with van der Waals surface area (Å²) in [6.07, 6.45) is 1.92. The topological polar surface area (TPSA) is 88.4 Å². The largest absolute Gasteiger partial charge is 0.484 e. The predicted molar refractivity (Wildman–Crippen MR) is 78.2 cm³/mol. The molecular weight excluding hydrogens is 284 g/mol. The van der Waals surface area contributed by atoms with Gasteiger partial charge in [-0.2, -0.15) is 5.26 Å². The average molecular weight is 302 g/mol. The number of carbonyl (C=O) groups excluding carboxylic acids is 2. The van der Waals surface area contributed by atoms with E-state index in [0.717, 1.165) is 12.8 Å². The lowest BCUT2D eigenvalue weighted by Crippen LogP contribution is -2.48. The summed E-state index contributed by atoms with van der Waals surface area (Å²) < 4.78 is 9.95. The second kappa shape index (κ2) is 6.48. The number of hydrogen-bond donors (Lipinski definition) is 1. The molecule has 2 rings (SSSR count). The molecule has 0 spiro atoms. The maximum atomic E-state index is 11.9. The highest BCUT2D eigenvalue weighted by molar-refractivity contribution is 5.89. The molecule has 1 aromatic carbocycles. The molecule has 6 nitrogen and oxygen atoms in total. The van der Waals surface area contributed by atoms with Gasteiger partial charge in [0, 0.05) is 0 Å². The number of rotatable bonds is 6. The highest BCUT2D eigenvalue weighted by Gasteiger charge is 2.43. The van der Waals surface area contributed by atoms with E-state index in [0.29, 0.717) is 11.3 Å². The molecular formula is C16H18N2O4. The lowest BCUT2D eigenvalue weighted by molar-refractivity contribution is -0.124. The van der Waals surface area contributed by atoms with Crippen molar-refractivity contribution in [1.29, 1.82) is 5.26 Å². The number of carbonyl (C=O) groups is 2. The summed E-state index contributed by atoms with van der Waals surface area (Å²) in [5.74, 6) is -0.0832. The van der Waals surface area contributed by atoms with E-state index >= 15 is 0 Å². The number of nitrogens with one attached hydrogen (secondary N) is 1. The molecule has 1 fully saturated rings. The summed E-state index contributed by atoms with van der Waals surface area (Å²) in [5, 5.41) is 11.9. The fraction of sp³-hybridized carbons (Fsp3) is 0.438. The molecule has 1 aliphatic rings. The van der Waals surface area contributed by atoms with Crippen LogP contribution in [0.4, 0.5) is 0 Å². The molecule has 0 radical (unpaired) electrons. The minimum atomic E-state index is -0.824. The third kappa shape index (κ3) is 3.76. The monoisotopic (exact) mass is 302 g/mol. The highest BCUT2D eigenvalue weighted by Crippen LogP contribution is 2.39. The molecule has 1 aliphatic carbocycles. The predicted octanol–water partition coefficient (Wildman–Crippen LogP) is 1.66. The quantitative estimate of drug-likeness (QED) is 0.807. The Morgan fingerprint density at radius 3 is 2.50 bits per heavy atom. The zero-order valence-corrected chi connectivity index (χ0v) is 12.6. The number of hydrogen-bond acceptors (Lipinski definition) is 5. The average Bonchev–Trinajstić information content (AvgIpc) is 3.38. The summed E-state index contributed by atoms with van der Waals surface area (Å²) in [7, 11) is 1.31. The van der Waals surface area contributed by atoms with Gasteiger partial charge in [-0.05, 0) is 49.9 Å². The summed E-state index contributed by atoms with van der Waals surface area (Å²) in [6.45, 7) is 1.55. The van der Waals surface area contributed by atoms with Crippen LogP contribution >= 0.6 is 0 Å². The molecule has 1 N–H and O–H groups in total. The van der Waals surface area contributed by atoms with E-state index < -0.39 is 11.5 Å². The van der Waals surface area contributed by atoms with E-state index in [1.807, 2.05) is 0 Å². The smallest absolute Gasteiger partial charge is 0.337 e. The van der Waals surface area contributed by atoms with Gasteiger partial charge in [-0.1, -0.05) is 0 Å². The van der Waals surface area contributed by atoms with Crippen molar-refractivity contribution in [2.75, 3.05) is 13.7 Å². The molecule has 6 heteroatoms. The van der Waals surface area contributed by atoms with Crippen LogP contribution in [0.3, 0.4) is 0 Å². The van der Waals surface area contributed by atoms with Gasteiger partial charge in [0.2, 0.25) is 0 Å². The third-order valence-electron chi connectivity index (χ3n) is 3.67. The summed E-state index contributed by atoms with van der Waals surface area (Å²) in [4.78, 5) is 23.2.